The zero-order valence-corrected chi connectivity index (χ0v) is 15.5. The highest BCUT2D eigenvalue weighted by molar-refractivity contribution is 4.71. The third-order valence-corrected chi connectivity index (χ3v) is 2.71. The fourth-order valence-electron chi connectivity index (χ4n) is 1.44. The van der Waals surface area contributed by atoms with E-state index in [9.17, 15) is 43.9 Å². The van der Waals surface area contributed by atoms with Gasteiger partial charge in [0.15, 0.2) is 0 Å². The van der Waals surface area contributed by atoms with Gasteiger partial charge in [-0.3, -0.25) is 0 Å². The van der Waals surface area contributed by atoms with Gasteiger partial charge < -0.3 is 29.9 Å². The Morgan fingerprint density at radius 3 is 1.28 bits per heavy atom. The van der Waals surface area contributed by atoms with Crippen molar-refractivity contribution in [3.05, 3.63) is 0 Å². The molecule has 9 nitrogen and oxygen atoms in total. The molecule has 0 heterocycles. The van der Waals surface area contributed by atoms with E-state index in [0.29, 0.717) is 0 Å². The van der Waals surface area contributed by atoms with E-state index in [1.807, 2.05) is 0 Å². The summed E-state index contributed by atoms with van der Waals surface area (Å²) in [5, 5.41) is 34.3. The summed E-state index contributed by atoms with van der Waals surface area (Å²) >= 11 is 0. The number of ether oxygens (including phenoxy) is 5. The summed E-state index contributed by atoms with van der Waals surface area (Å²) in [6.07, 6.45) is -33.4. The molecule has 0 aliphatic heterocycles. The van der Waals surface area contributed by atoms with Crippen molar-refractivity contribution in [1.29, 1.82) is 0 Å². The average molecular weight is 508 g/mol. The van der Waals surface area contributed by atoms with E-state index < -0.39 is 82.6 Å². The highest BCUT2D eigenvalue weighted by Crippen LogP contribution is 2.44. The molecule has 0 amide bonds. The van der Waals surface area contributed by atoms with Gasteiger partial charge in [0.2, 0.25) is 0 Å². The maximum atomic E-state index is 13.3. The van der Waals surface area contributed by atoms with Crippen LogP contribution >= 0.6 is 0 Å². The van der Waals surface area contributed by atoms with Crippen LogP contribution < -0.4 is 0 Å². The Labute approximate surface area is 172 Å². The number of hydrogen-bond donors (Lipinski definition) is 4. The lowest BCUT2D eigenvalue weighted by molar-refractivity contribution is -0.566. The Hall–Kier alpha value is -1.06. The molecular weight excluding hydrogens is 490 g/mol. The summed E-state index contributed by atoms with van der Waals surface area (Å²) in [7, 11) is 0. The van der Waals surface area contributed by atoms with Crippen LogP contribution in [0, 0.1) is 0 Å². The summed E-state index contributed by atoms with van der Waals surface area (Å²) in [5.41, 5.74) is 0. The molecule has 32 heavy (non-hydrogen) atoms. The van der Waals surface area contributed by atoms with Crippen molar-refractivity contribution >= 4 is 0 Å². The Bertz CT molecular complexity index is 552. The number of aliphatic hydroxyl groups is 4. The number of aliphatic hydroxyl groups excluding tert-OH is 4. The van der Waals surface area contributed by atoms with E-state index in [4.69, 9.17) is 20.4 Å². The van der Waals surface area contributed by atoms with Crippen LogP contribution in [0.25, 0.3) is 0 Å². The van der Waals surface area contributed by atoms with Gasteiger partial charge in [-0.1, -0.05) is 0 Å². The predicted octanol–water partition coefficient (Wildman–Crippen LogP) is 0.697. The topological polar surface area (TPSA) is 127 Å². The smallest absolute Gasteiger partial charge is 0.394 e. The molecule has 0 aromatic carbocycles. The molecule has 4 N–H and O–H groups in total. The Balaban J connectivity index is 5.01. The number of hydrogen-bond acceptors (Lipinski definition) is 9. The van der Waals surface area contributed by atoms with E-state index in [1.54, 1.807) is 0 Å². The van der Waals surface area contributed by atoms with Crippen LogP contribution in [0.1, 0.15) is 0 Å². The molecule has 0 aromatic rings. The molecule has 19 heteroatoms. The Kier molecular flexibility index (Phi) is 11.5. The van der Waals surface area contributed by atoms with Crippen molar-refractivity contribution < 1.29 is 88.0 Å². The molecule has 0 aliphatic carbocycles. The maximum Gasteiger partial charge on any atom is 0.495 e. The molecule has 0 radical (unpaired) electrons. The van der Waals surface area contributed by atoms with Crippen LogP contribution in [0.5, 0.6) is 0 Å². The predicted molar refractivity (Wildman–Crippen MR) is 75.8 cm³/mol. The van der Waals surface area contributed by atoms with Crippen molar-refractivity contribution in [1.82, 2.24) is 0 Å². The minimum Gasteiger partial charge on any atom is -0.394 e. The highest BCUT2D eigenvalue weighted by Gasteiger charge is 2.68. The van der Waals surface area contributed by atoms with Crippen LogP contribution in [-0.4, -0.2) is 103 Å². The zero-order chi connectivity index (χ0) is 25.4. The lowest BCUT2D eigenvalue weighted by Gasteiger charge is -2.31. The first-order chi connectivity index (χ1) is 14.3. The van der Waals surface area contributed by atoms with E-state index >= 15 is 0 Å². The fraction of sp³-hybridized carbons (Fsp3) is 1.00. The van der Waals surface area contributed by atoms with Crippen molar-refractivity contribution in [2.75, 3.05) is 39.6 Å². The first kappa shape index (κ1) is 30.9. The largest absolute Gasteiger partial charge is 0.495 e. The lowest BCUT2D eigenvalue weighted by Crippen LogP contribution is -2.54. The fourth-order valence-corrected chi connectivity index (χ4v) is 1.44. The minimum absolute atomic E-state index is 0.995. The molecule has 0 fully saturated rings. The van der Waals surface area contributed by atoms with E-state index in [2.05, 4.69) is 23.7 Å². The molecule has 0 rings (SSSR count). The maximum absolute atomic E-state index is 13.3. The van der Waals surface area contributed by atoms with Gasteiger partial charge in [-0.25, -0.2) is 14.2 Å². The van der Waals surface area contributed by atoms with Crippen molar-refractivity contribution in [2.45, 2.75) is 42.9 Å². The highest BCUT2D eigenvalue weighted by atomic mass is 19.3. The van der Waals surface area contributed by atoms with E-state index in [0.717, 1.165) is 0 Å². The summed E-state index contributed by atoms with van der Waals surface area (Å²) < 4.78 is 147. The minimum atomic E-state index is -6.67. The third kappa shape index (κ3) is 11.7. The molecule has 2 atom stereocenters. The van der Waals surface area contributed by atoms with Gasteiger partial charge >= 0.3 is 30.7 Å². The second-order valence-electron chi connectivity index (χ2n) is 5.78. The van der Waals surface area contributed by atoms with Crippen molar-refractivity contribution in [3.8, 4) is 0 Å². The first-order valence-corrected chi connectivity index (χ1v) is 8.01. The molecule has 0 saturated carbocycles. The quantitative estimate of drug-likeness (QED) is 0.166. The molecule has 0 aliphatic rings. The van der Waals surface area contributed by atoms with Crippen LogP contribution in [-0.2, 0) is 23.7 Å². The van der Waals surface area contributed by atoms with Crippen LogP contribution in [0.3, 0.4) is 0 Å². The average Bonchev–Trinajstić information content (AvgIpc) is 2.57. The van der Waals surface area contributed by atoms with Gasteiger partial charge in [0.25, 0.3) is 0 Å². The second-order valence-corrected chi connectivity index (χ2v) is 5.78. The number of alkyl halides is 10. The molecule has 194 valence electrons. The molecular formula is C13H18F10O9. The SMILES string of the molecule is OCC(O)COCC(F)(F)OC(F)(F)OC(F)(F)C(F)(F)OC(F)(F)COCC(O)CO. The summed E-state index contributed by atoms with van der Waals surface area (Å²) in [6.45, 7) is -8.54. The number of rotatable bonds is 17. The standard InChI is InChI=1S/C13H18F10O9/c14-9(15,5-28-3-7(26)1-24)30-11(18,19)12(20,21)32-13(22,23)31-10(16,17)6-29-4-8(27)2-25/h7-8,24-27H,1-6H2. The van der Waals surface area contributed by atoms with Gasteiger partial charge in [0.1, 0.15) is 25.4 Å². The van der Waals surface area contributed by atoms with Gasteiger partial charge in [0, 0.05) is 0 Å². The molecule has 0 aromatic heterocycles. The van der Waals surface area contributed by atoms with Crippen LogP contribution in [0.4, 0.5) is 43.9 Å². The normalized spacial score (nSPS) is 16.3. The third-order valence-electron chi connectivity index (χ3n) is 2.71. The summed E-state index contributed by atoms with van der Waals surface area (Å²) in [5.74, 6) is 0. The second kappa shape index (κ2) is 11.9. The van der Waals surface area contributed by atoms with Gasteiger partial charge in [-0.15, -0.1) is 8.78 Å². The zero-order valence-electron chi connectivity index (χ0n) is 15.5. The summed E-state index contributed by atoms with van der Waals surface area (Å²) in [6, 6.07) is 0. The monoisotopic (exact) mass is 508 g/mol. The molecule has 0 spiro atoms. The first-order valence-electron chi connectivity index (χ1n) is 8.01. The lowest BCUT2D eigenvalue weighted by atomic mass is 10.4. The summed E-state index contributed by atoms with van der Waals surface area (Å²) in [4.78, 5) is 0. The van der Waals surface area contributed by atoms with Crippen LogP contribution in [0.2, 0.25) is 0 Å². The van der Waals surface area contributed by atoms with E-state index in [1.165, 1.54) is 0 Å². The molecule has 0 bridgehead atoms. The van der Waals surface area contributed by atoms with E-state index in [-0.39, 0.29) is 0 Å². The number of halogens is 10. The Morgan fingerprint density at radius 1 is 0.562 bits per heavy atom. The van der Waals surface area contributed by atoms with Crippen LogP contribution in [0.15, 0.2) is 0 Å². The Morgan fingerprint density at radius 2 is 0.906 bits per heavy atom. The van der Waals surface area contributed by atoms with Crippen molar-refractivity contribution in [3.63, 3.8) is 0 Å². The molecule has 2 unspecified atom stereocenters. The molecule has 0 saturated heterocycles. The van der Waals surface area contributed by atoms with Crippen molar-refractivity contribution in [2.24, 2.45) is 0 Å². The van der Waals surface area contributed by atoms with Gasteiger partial charge in [-0.05, 0) is 0 Å². The van der Waals surface area contributed by atoms with Gasteiger partial charge in [-0.2, -0.15) is 35.1 Å². The van der Waals surface area contributed by atoms with Gasteiger partial charge in [0.05, 0.1) is 26.4 Å².